The fraction of sp³-hybridized carbons (Fsp3) is 0.111. The van der Waals surface area contributed by atoms with E-state index in [2.05, 4.69) is 38.2 Å². The summed E-state index contributed by atoms with van der Waals surface area (Å²) in [5.41, 5.74) is 10.9. The minimum Gasteiger partial charge on any atom is -0.384 e. The molecule has 3 heterocycles. The number of hydrogen-bond acceptors (Lipinski definition) is 7. The molecule has 4 rings (SSSR count). The van der Waals surface area contributed by atoms with Crippen molar-refractivity contribution in [3.05, 3.63) is 108 Å². The maximum Gasteiger partial charge on any atom is 0.135 e. The Morgan fingerprint density at radius 3 is 2.51 bits per heavy atom. The summed E-state index contributed by atoms with van der Waals surface area (Å²) >= 11 is 0. The van der Waals surface area contributed by atoms with E-state index in [4.69, 9.17) is 5.73 Å². The zero-order valence-electron chi connectivity index (χ0n) is 19.2. The van der Waals surface area contributed by atoms with Crippen molar-refractivity contribution in [3.8, 4) is 17.3 Å². The summed E-state index contributed by atoms with van der Waals surface area (Å²) in [6.45, 7) is 6.58. The minimum absolute atomic E-state index is 0.124. The minimum atomic E-state index is -0.287. The van der Waals surface area contributed by atoms with Gasteiger partial charge >= 0.3 is 0 Å². The molecule has 4 N–H and O–H groups in total. The maximum atomic E-state index is 13.3. The summed E-state index contributed by atoms with van der Waals surface area (Å²) in [6.07, 6.45) is 4.98. The van der Waals surface area contributed by atoms with E-state index < -0.39 is 0 Å². The summed E-state index contributed by atoms with van der Waals surface area (Å²) in [4.78, 5) is 13.0. The Morgan fingerprint density at radius 2 is 1.86 bits per heavy atom. The molecule has 0 saturated heterocycles. The van der Waals surface area contributed by atoms with E-state index in [-0.39, 0.29) is 11.9 Å². The zero-order valence-corrected chi connectivity index (χ0v) is 19.2. The van der Waals surface area contributed by atoms with Crippen LogP contribution in [0, 0.1) is 17.1 Å². The molecule has 4 aromatic rings. The first-order valence-electron chi connectivity index (χ1n) is 10.9. The molecule has 7 nitrogen and oxygen atoms in total. The van der Waals surface area contributed by atoms with E-state index in [9.17, 15) is 9.65 Å². The summed E-state index contributed by atoms with van der Waals surface area (Å²) in [5.74, 6) is 0.757. The van der Waals surface area contributed by atoms with Crippen LogP contribution in [0.2, 0.25) is 0 Å². The predicted octanol–water partition coefficient (Wildman–Crippen LogP) is 5.07. The zero-order chi connectivity index (χ0) is 24.8. The fourth-order valence-corrected chi connectivity index (χ4v) is 3.51. The standard InChI is InChI=1S/C27H24FN7/c1-17(21-4-7-23(28)8-5-21)35-18(2)24-11-20(12-29)15-34-27(24)33-14-19-3-9-25(31-13-19)22-6-10-26(30)32-16-22/h3-11,13,15-17,35H,2,14H2,1H3,(H2,30,32)(H,33,34). The first-order chi connectivity index (χ1) is 16.9. The molecule has 174 valence electrons. The smallest absolute Gasteiger partial charge is 0.135 e. The first kappa shape index (κ1) is 23.4. The lowest BCUT2D eigenvalue weighted by molar-refractivity contribution is 0.623. The molecule has 35 heavy (non-hydrogen) atoms. The monoisotopic (exact) mass is 465 g/mol. The van der Waals surface area contributed by atoms with Crippen LogP contribution in [0.15, 0.2) is 79.8 Å². The van der Waals surface area contributed by atoms with Gasteiger partial charge in [0.25, 0.3) is 0 Å². The second-order valence-electron chi connectivity index (χ2n) is 8.01. The van der Waals surface area contributed by atoms with Crippen molar-refractivity contribution in [1.29, 1.82) is 5.26 Å². The highest BCUT2D eigenvalue weighted by atomic mass is 19.1. The highest BCUT2D eigenvalue weighted by molar-refractivity contribution is 5.73. The van der Waals surface area contributed by atoms with Crippen LogP contribution in [0.1, 0.15) is 35.2 Å². The van der Waals surface area contributed by atoms with Gasteiger partial charge in [0.05, 0.1) is 11.3 Å². The van der Waals surface area contributed by atoms with Crippen molar-refractivity contribution in [2.24, 2.45) is 0 Å². The van der Waals surface area contributed by atoms with Crippen LogP contribution in [0.5, 0.6) is 0 Å². The second kappa shape index (κ2) is 10.4. The SMILES string of the molecule is C=C(NC(C)c1ccc(F)cc1)c1cc(C#N)cnc1NCc1ccc(-c2ccc(N)nc2)nc1. The fourth-order valence-electron chi connectivity index (χ4n) is 3.51. The van der Waals surface area contributed by atoms with Crippen LogP contribution in [0.25, 0.3) is 17.0 Å². The quantitative estimate of drug-likeness (QED) is 0.333. The van der Waals surface area contributed by atoms with Crippen LogP contribution < -0.4 is 16.4 Å². The highest BCUT2D eigenvalue weighted by Crippen LogP contribution is 2.24. The number of hydrogen-bond donors (Lipinski definition) is 3. The molecule has 0 aliphatic heterocycles. The van der Waals surface area contributed by atoms with E-state index in [1.165, 1.54) is 18.3 Å². The average Bonchev–Trinajstić information content (AvgIpc) is 2.88. The lowest BCUT2D eigenvalue weighted by atomic mass is 10.1. The molecule has 1 aromatic carbocycles. The Morgan fingerprint density at radius 1 is 1.06 bits per heavy atom. The number of anilines is 2. The molecule has 0 aliphatic carbocycles. The number of nitrogens with zero attached hydrogens (tertiary/aromatic N) is 4. The molecule has 0 saturated carbocycles. The Hall–Kier alpha value is -4.77. The second-order valence-corrected chi connectivity index (χ2v) is 8.01. The summed E-state index contributed by atoms with van der Waals surface area (Å²) in [7, 11) is 0. The van der Waals surface area contributed by atoms with Crippen molar-refractivity contribution >= 4 is 17.3 Å². The predicted molar refractivity (Wildman–Crippen MR) is 135 cm³/mol. The number of rotatable bonds is 8. The maximum absolute atomic E-state index is 13.3. The molecule has 0 spiro atoms. The molecule has 0 radical (unpaired) electrons. The number of nitriles is 1. The Kier molecular flexibility index (Phi) is 6.98. The van der Waals surface area contributed by atoms with Crippen molar-refractivity contribution in [2.75, 3.05) is 11.1 Å². The molecular formula is C27H24FN7. The molecule has 0 fully saturated rings. The Labute approximate surface area is 203 Å². The van der Waals surface area contributed by atoms with E-state index in [1.54, 1.807) is 36.7 Å². The van der Waals surface area contributed by atoms with Gasteiger partial charge in [0.15, 0.2) is 0 Å². The number of aromatic nitrogens is 3. The third-order valence-electron chi connectivity index (χ3n) is 5.47. The molecule has 1 unspecified atom stereocenters. The highest BCUT2D eigenvalue weighted by Gasteiger charge is 2.13. The molecule has 8 heteroatoms. The van der Waals surface area contributed by atoms with Gasteiger partial charge in [0.1, 0.15) is 23.5 Å². The first-order valence-corrected chi connectivity index (χ1v) is 10.9. The molecule has 1 atom stereocenters. The largest absolute Gasteiger partial charge is 0.384 e. The van der Waals surface area contributed by atoms with Gasteiger partial charge in [-0.15, -0.1) is 0 Å². The molecule has 0 bridgehead atoms. The summed E-state index contributed by atoms with van der Waals surface area (Å²) < 4.78 is 13.3. The van der Waals surface area contributed by atoms with Gasteiger partial charge in [-0.05, 0) is 54.4 Å². The number of nitrogens with two attached hydrogens (primary N) is 1. The topological polar surface area (TPSA) is 113 Å². The molecule has 0 aliphatic rings. The van der Waals surface area contributed by atoms with Gasteiger partial charge in [-0.1, -0.05) is 24.8 Å². The lowest BCUT2D eigenvalue weighted by Crippen LogP contribution is -2.18. The van der Waals surface area contributed by atoms with Gasteiger partial charge in [0.2, 0.25) is 0 Å². The number of nitrogen functional groups attached to an aromatic ring is 1. The average molecular weight is 466 g/mol. The summed E-state index contributed by atoms with van der Waals surface area (Å²) in [6, 6.07) is 17.5. The Bertz CT molecular complexity index is 1360. The van der Waals surface area contributed by atoms with Crippen LogP contribution in [0.4, 0.5) is 16.0 Å². The van der Waals surface area contributed by atoms with Gasteiger partial charge in [-0.25, -0.2) is 14.4 Å². The van der Waals surface area contributed by atoms with Crippen LogP contribution in [-0.2, 0) is 6.54 Å². The van der Waals surface area contributed by atoms with E-state index >= 15 is 0 Å². The van der Waals surface area contributed by atoms with E-state index in [0.29, 0.717) is 35.0 Å². The summed E-state index contributed by atoms with van der Waals surface area (Å²) in [5, 5.41) is 16.0. The molecular weight excluding hydrogens is 441 g/mol. The molecule has 0 amide bonds. The third-order valence-corrected chi connectivity index (χ3v) is 5.47. The number of nitrogens with one attached hydrogen (secondary N) is 2. The normalized spacial score (nSPS) is 11.3. The van der Waals surface area contributed by atoms with E-state index in [1.807, 2.05) is 25.1 Å². The van der Waals surface area contributed by atoms with Gasteiger partial charge in [0, 0.05) is 48.0 Å². The number of pyridine rings is 3. The van der Waals surface area contributed by atoms with Crippen LogP contribution in [0.3, 0.4) is 0 Å². The van der Waals surface area contributed by atoms with Crippen LogP contribution >= 0.6 is 0 Å². The lowest BCUT2D eigenvalue weighted by Gasteiger charge is -2.20. The van der Waals surface area contributed by atoms with Crippen molar-refractivity contribution < 1.29 is 4.39 Å². The van der Waals surface area contributed by atoms with Crippen molar-refractivity contribution in [2.45, 2.75) is 19.5 Å². The Balaban J connectivity index is 1.48. The number of benzene rings is 1. The van der Waals surface area contributed by atoms with Crippen molar-refractivity contribution in [3.63, 3.8) is 0 Å². The van der Waals surface area contributed by atoms with Gasteiger partial charge < -0.3 is 16.4 Å². The third kappa shape index (κ3) is 5.78. The van der Waals surface area contributed by atoms with Gasteiger partial charge in [-0.3, -0.25) is 4.98 Å². The van der Waals surface area contributed by atoms with Gasteiger partial charge in [-0.2, -0.15) is 5.26 Å². The van der Waals surface area contributed by atoms with Crippen LogP contribution in [-0.4, -0.2) is 15.0 Å². The van der Waals surface area contributed by atoms with E-state index in [0.717, 1.165) is 22.4 Å². The van der Waals surface area contributed by atoms with Crippen molar-refractivity contribution in [1.82, 2.24) is 20.3 Å². The number of halogens is 1. The molecule has 3 aromatic heterocycles.